The third-order valence-corrected chi connectivity index (χ3v) is 3.43. The van der Waals surface area contributed by atoms with Gasteiger partial charge in [-0.2, -0.15) is 0 Å². The van der Waals surface area contributed by atoms with Crippen molar-refractivity contribution in [2.75, 3.05) is 38.2 Å². The van der Waals surface area contributed by atoms with Crippen LogP contribution >= 0.6 is 11.6 Å². The molecule has 1 aromatic rings. The average molecular weight is 298 g/mol. The minimum absolute atomic E-state index is 0.0352. The number of hydrogen-bond acceptors (Lipinski definition) is 4. The number of carbonyl (C=O) groups excluding carboxylic acids is 1. The van der Waals surface area contributed by atoms with E-state index in [0.717, 1.165) is 19.4 Å². The first-order chi connectivity index (χ1) is 9.72. The van der Waals surface area contributed by atoms with Crippen molar-refractivity contribution < 1.29 is 9.53 Å². The molecule has 1 aromatic heterocycles. The number of pyridine rings is 1. The molecule has 1 aliphatic heterocycles. The van der Waals surface area contributed by atoms with E-state index in [1.807, 2.05) is 0 Å². The Labute approximate surface area is 124 Å². The molecule has 0 radical (unpaired) electrons. The average Bonchev–Trinajstić information content (AvgIpc) is 2.74. The Morgan fingerprint density at radius 2 is 2.35 bits per heavy atom. The quantitative estimate of drug-likeness (QED) is 0.927. The molecule has 1 fully saturated rings. The largest absolute Gasteiger partial charge is 0.380 e. The molecule has 0 spiro atoms. The normalized spacial score (nSPS) is 15.8. The van der Waals surface area contributed by atoms with Crippen molar-refractivity contribution in [1.82, 2.24) is 9.88 Å². The molecule has 0 aliphatic carbocycles. The van der Waals surface area contributed by atoms with Crippen LogP contribution in [0.3, 0.4) is 0 Å². The van der Waals surface area contributed by atoms with Gasteiger partial charge in [0.2, 0.25) is 0 Å². The van der Waals surface area contributed by atoms with Crippen LogP contribution in [0.1, 0.15) is 30.1 Å². The highest BCUT2D eigenvalue weighted by molar-refractivity contribution is 6.33. The molecule has 1 saturated heterocycles. The first-order valence-electron chi connectivity index (χ1n) is 6.99. The van der Waals surface area contributed by atoms with E-state index in [0.29, 0.717) is 42.7 Å². The Kier molecular flexibility index (Phi) is 5.61. The second-order valence-electron chi connectivity index (χ2n) is 4.74. The van der Waals surface area contributed by atoms with E-state index >= 15 is 0 Å². The fourth-order valence-electron chi connectivity index (χ4n) is 2.06. The van der Waals surface area contributed by atoms with Gasteiger partial charge >= 0.3 is 0 Å². The Morgan fingerprint density at radius 3 is 3.10 bits per heavy atom. The van der Waals surface area contributed by atoms with Crippen LogP contribution in [0, 0.1) is 0 Å². The van der Waals surface area contributed by atoms with E-state index in [1.165, 1.54) is 0 Å². The highest BCUT2D eigenvalue weighted by Crippen LogP contribution is 2.21. The van der Waals surface area contributed by atoms with E-state index in [-0.39, 0.29) is 5.91 Å². The van der Waals surface area contributed by atoms with Crippen LogP contribution in [0.15, 0.2) is 12.3 Å². The summed E-state index contributed by atoms with van der Waals surface area (Å²) in [6.07, 6.45) is 3.44. The van der Waals surface area contributed by atoms with Crippen molar-refractivity contribution >= 4 is 23.3 Å². The number of ether oxygens (including phenoxy) is 1. The van der Waals surface area contributed by atoms with Gasteiger partial charge in [-0.05, 0) is 18.9 Å². The lowest BCUT2D eigenvalue weighted by molar-refractivity contribution is 0.0741. The molecule has 0 bridgehead atoms. The lowest BCUT2D eigenvalue weighted by Crippen LogP contribution is -2.33. The maximum Gasteiger partial charge on any atom is 0.255 e. The van der Waals surface area contributed by atoms with Gasteiger partial charge in [0.15, 0.2) is 0 Å². The monoisotopic (exact) mass is 297 g/mol. The summed E-state index contributed by atoms with van der Waals surface area (Å²) >= 11 is 6.16. The number of nitrogens with zero attached hydrogens (tertiary/aromatic N) is 2. The van der Waals surface area contributed by atoms with Crippen LogP contribution in [-0.2, 0) is 4.74 Å². The van der Waals surface area contributed by atoms with Gasteiger partial charge in [0, 0.05) is 32.4 Å². The lowest BCUT2D eigenvalue weighted by atomic mass is 10.2. The van der Waals surface area contributed by atoms with Gasteiger partial charge in [-0.25, -0.2) is 4.98 Å². The fourth-order valence-corrected chi connectivity index (χ4v) is 2.29. The van der Waals surface area contributed by atoms with Gasteiger partial charge in [-0.3, -0.25) is 4.79 Å². The van der Waals surface area contributed by atoms with Crippen LogP contribution in [0.25, 0.3) is 0 Å². The molecule has 1 amide bonds. The number of rotatable bonds is 4. The number of halogens is 1. The predicted molar refractivity (Wildman–Crippen MR) is 79.4 cm³/mol. The first-order valence-corrected chi connectivity index (χ1v) is 7.36. The summed E-state index contributed by atoms with van der Waals surface area (Å²) in [5, 5.41) is 3.61. The van der Waals surface area contributed by atoms with Gasteiger partial charge in [0.25, 0.3) is 5.91 Å². The third kappa shape index (κ3) is 3.84. The third-order valence-electron chi connectivity index (χ3n) is 3.14. The minimum atomic E-state index is -0.0352. The molecule has 0 unspecified atom stereocenters. The second-order valence-corrected chi connectivity index (χ2v) is 5.15. The summed E-state index contributed by atoms with van der Waals surface area (Å²) < 4.78 is 5.35. The van der Waals surface area contributed by atoms with Crippen molar-refractivity contribution in [1.29, 1.82) is 0 Å². The Bertz CT molecular complexity index is 460. The summed E-state index contributed by atoms with van der Waals surface area (Å²) in [7, 11) is 0. The second kappa shape index (κ2) is 7.45. The van der Waals surface area contributed by atoms with E-state index < -0.39 is 0 Å². The van der Waals surface area contributed by atoms with Crippen molar-refractivity contribution in [2.45, 2.75) is 19.8 Å². The van der Waals surface area contributed by atoms with E-state index in [4.69, 9.17) is 16.3 Å². The molecule has 2 heterocycles. The van der Waals surface area contributed by atoms with Gasteiger partial charge in [0.05, 0.1) is 17.2 Å². The van der Waals surface area contributed by atoms with Crippen LogP contribution < -0.4 is 5.32 Å². The predicted octanol–water partition coefficient (Wildman–Crippen LogP) is 2.42. The standard InChI is InChI=1S/C14H20ClN3O2/c1-2-4-16-13-12(15)9-11(10-17-13)14(19)18-5-3-7-20-8-6-18/h9-10H,2-8H2,1H3,(H,16,17). The van der Waals surface area contributed by atoms with E-state index in [9.17, 15) is 4.79 Å². The van der Waals surface area contributed by atoms with Gasteiger partial charge in [-0.15, -0.1) is 0 Å². The molecular weight excluding hydrogens is 278 g/mol. The van der Waals surface area contributed by atoms with Crippen LogP contribution in [0.4, 0.5) is 5.82 Å². The zero-order valence-electron chi connectivity index (χ0n) is 11.7. The minimum Gasteiger partial charge on any atom is -0.380 e. The van der Waals surface area contributed by atoms with Crippen LogP contribution in [0.2, 0.25) is 5.02 Å². The Balaban J connectivity index is 2.07. The van der Waals surface area contributed by atoms with Crippen molar-refractivity contribution in [3.05, 3.63) is 22.8 Å². The van der Waals surface area contributed by atoms with Crippen molar-refractivity contribution in [2.24, 2.45) is 0 Å². The molecule has 1 aliphatic rings. The molecule has 0 atom stereocenters. The summed E-state index contributed by atoms with van der Waals surface area (Å²) in [5.41, 5.74) is 0.527. The Morgan fingerprint density at radius 1 is 1.50 bits per heavy atom. The number of anilines is 1. The number of carbonyl (C=O) groups is 1. The molecule has 110 valence electrons. The lowest BCUT2D eigenvalue weighted by Gasteiger charge is -2.19. The summed E-state index contributed by atoms with van der Waals surface area (Å²) in [6.45, 7) is 5.51. The zero-order valence-corrected chi connectivity index (χ0v) is 12.4. The van der Waals surface area contributed by atoms with Crippen molar-refractivity contribution in [3.63, 3.8) is 0 Å². The van der Waals surface area contributed by atoms with Gasteiger partial charge < -0.3 is 15.0 Å². The molecule has 1 N–H and O–H groups in total. The molecule has 2 rings (SSSR count). The van der Waals surface area contributed by atoms with Gasteiger partial charge in [-0.1, -0.05) is 18.5 Å². The topological polar surface area (TPSA) is 54.5 Å². The van der Waals surface area contributed by atoms with E-state index in [1.54, 1.807) is 17.2 Å². The van der Waals surface area contributed by atoms with Crippen molar-refractivity contribution in [3.8, 4) is 0 Å². The fraction of sp³-hybridized carbons (Fsp3) is 0.571. The Hall–Kier alpha value is -1.33. The molecule has 20 heavy (non-hydrogen) atoms. The zero-order chi connectivity index (χ0) is 14.4. The van der Waals surface area contributed by atoms with Crippen LogP contribution in [0.5, 0.6) is 0 Å². The summed E-state index contributed by atoms with van der Waals surface area (Å²) in [6, 6.07) is 1.68. The number of nitrogens with one attached hydrogen (secondary N) is 1. The highest BCUT2D eigenvalue weighted by Gasteiger charge is 2.18. The maximum absolute atomic E-state index is 12.4. The number of aromatic nitrogens is 1. The number of amides is 1. The molecule has 5 nitrogen and oxygen atoms in total. The SMILES string of the molecule is CCCNc1ncc(C(=O)N2CCCOCC2)cc1Cl. The molecule has 0 saturated carbocycles. The van der Waals surface area contributed by atoms with E-state index in [2.05, 4.69) is 17.2 Å². The summed E-state index contributed by atoms with van der Waals surface area (Å²) in [4.78, 5) is 18.4. The maximum atomic E-state index is 12.4. The first kappa shape index (κ1) is 15.1. The molecular formula is C14H20ClN3O2. The highest BCUT2D eigenvalue weighted by atomic mass is 35.5. The molecule has 6 heteroatoms. The smallest absolute Gasteiger partial charge is 0.255 e. The van der Waals surface area contributed by atoms with Crippen LogP contribution in [-0.4, -0.2) is 48.6 Å². The van der Waals surface area contributed by atoms with Gasteiger partial charge in [0.1, 0.15) is 5.82 Å². The molecule has 0 aromatic carbocycles. The number of hydrogen-bond donors (Lipinski definition) is 1. The summed E-state index contributed by atoms with van der Waals surface area (Å²) in [5.74, 6) is 0.594.